The van der Waals surface area contributed by atoms with Crippen LogP contribution >= 0.6 is 0 Å². The second-order valence-electron chi connectivity index (χ2n) is 4.53. The van der Waals surface area contributed by atoms with E-state index < -0.39 is 53.9 Å². The van der Waals surface area contributed by atoms with Gasteiger partial charge in [-0.05, 0) is 0 Å². The van der Waals surface area contributed by atoms with Crippen molar-refractivity contribution in [3.8, 4) is 0 Å². The van der Waals surface area contributed by atoms with Gasteiger partial charge in [0, 0.05) is 0 Å². The van der Waals surface area contributed by atoms with Gasteiger partial charge in [0.05, 0.1) is 0 Å². The van der Waals surface area contributed by atoms with Crippen LogP contribution < -0.4 is 0 Å². The van der Waals surface area contributed by atoms with Crippen LogP contribution in [0.15, 0.2) is 12.4 Å². The third-order valence-electron chi connectivity index (χ3n) is 3.10. The van der Waals surface area contributed by atoms with Gasteiger partial charge in [0.15, 0.2) is 0 Å². The normalized spacial score (nSPS) is 27.3. The molecule has 0 amide bonds. The Labute approximate surface area is 119 Å². The first-order chi connectivity index (χ1) is 9.96. The van der Waals surface area contributed by atoms with Crippen molar-refractivity contribution in [2.75, 3.05) is 6.61 Å². The number of halogens is 11. The highest BCUT2D eigenvalue weighted by Gasteiger charge is 2.95. The van der Waals surface area contributed by atoms with Gasteiger partial charge in [0.2, 0.25) is 5.83 Å². The zero-order valence-electron chi connectivity index (χ0n) is 10.5. The molecule has 1 aliphatic rings. The Morgan fingerprint density at radius 2 is 1.17 bits per heavy atom. The molecule has 0 spiro atoms. The monoisotopic (exact) mass is 366 g/mol. The lowest BCUT2D eigenvalue weighted by Gasteiger charge is -2.49. The minimum absolute atomic E-state index is 2.05. The molecule has 0 radical (unpaired) electrons. The third-order valence-corrected chi connectivity index (χ3v) is 3.10. The quantitative estimate of drug-likeness (QED) is 0.431. The van der Waals surface area contributed by atoms with E-state index in [1.54, 1.807) is 0 Å². The summed E-state index contributed by atoms with van der Waals surface area (Å²) < 4.78 is 146. The lowest BCUT2D eigenvalue weighted by Crippen LogP contribution is -2.78. The summed E-state index contributed by atoms with van der Waals surface area (Å²) in [5, 5.41) is 0. The predicted molar refractivity (Wildman–Crippen MR) is 49.4 cm³/mol. The van der Waals surface area contributed by atoms with Gasteiger partial charge in [-0.1, -0.05) is 6.58 Å². The van der Waals surface area contributed by atoms with Gasteiger partial charge < -0.3 is 4.74 Å². The maximum Gasteiger partial charge on any atom is 0.384 e. The first-order valence-corrected chi connectivity index (χ1v) is 5.36. The second kappa shape index (κ2) is 4.97. The molecular weight excluding hydrogens is 361 g/mol. The fourth-order valence-corrected chi connectivity index (χ4v) is 1.73. The summed E-state index contributed by atoms with van der Waals surface area (Å²) in [5.74, 6) is -42.6. The fraction of sp³-hybridized carbons (Fsp3) is 0.700. The molecular formula is C10H5F11O2. The van der Waals surface area contributed by atoms with Crippen LogP contribution in [0.4, 0.5) is 48.3 Å². The molecule has 1 fully saturated rings. The predicted octanol–water partition coefficient (Wildman–Crippen LogP) is 3.82. The number of rotatable bonds is 3. The molecule has 0 unspecified atom stereocenters. The molecule has 1 aliphatic carbocycles. The molecule has 1 saturated carbocycles. The zero-order valence-corrected chi connectivity index (χ0v) is 10.5. The van der Waals surface area contributed by atoms with Crippen molar-refractivity contribution in [3.63, 3.8) is 0 Å². The van der Waals surface area contributed by atoms with Crippen LogP contribution in [0.1, 0.15) is 0 Å². The van der Waals surface area contributed by atoms with Gasteiger partial charge in [-0.3, -0.25) is 0 Å². The molecule has 0 aromatic rings. The molecule has 0 aliphatic heterocycles. The van der Waals surface area contributed by atoms with E-state index in [1.807, 2.05) is 0 Å². The fourth-order valence-electron chi connectivity index (χ4n) is 1.73. The highest BCUT2D eigenvalue weighted by molar-refractivity contribution is 5.85. The summed E-state index contributed by atoms with van der Waals surface area (Å²) in [6.07, 6.45) is 0. The van der Waals surface area contributed by atoms with Gasteiger partial charge >= 0.3 is 35.6 Å². The molecule has 0 aromatic heterocycles. The molecule has 0 aromatic carbocycles. The molecule has 0 saturated heterocycles. The Bertz CT molecular complexity index is 495. The maximum absolute atomic E-state index is 13.3. The van der Waals surface area contributed by atoms with Gasteiger partial charge in [0.25, 0.3) is 0 Å². The highest BCUT2D eigenvalue weighted by Crippen LogP contribution is 2.66. The van der Waals surface area contributed by atoms with Gasteiger partial charge in [0.1, 0.15) is 12.5 Å². The average Bonchev–Trinajstić information content (AvgIpc) is 2.35. The molecule has 134 valence electrons. The molecule has 23 heavy (non-hydrogen) atoms. The summed E-state index contributed by atoms with van der Waals surface area (Å²) in [5.41, 5.74) is 0. The first-order valence-electron chi connectivity index (χ1n) is 5.36. The molecule has 1 rings (SSSR count). The number of hydrogen-bond donors (Lipinski definition) is 0. The highest BCUT2D eigenvalue weighted by atomic mass is 19.4. The Hall–Kier alpha value is -1.56. The Morgan fingerprint density at radius 3 is 1.48 bits per heavy atom. The molecule has 0 N–H and O–H groups in total. The van der Waals surface area contributed by atoms with Gasteiger partial charge in [-0.15, -0.1) is 0 Å². The van der Waals surface area contributed by atoms with Crippen molar-refractivity contribution < 1.29 is 57.8 Å². The van der Waals surface area contributed by atoms with Crippen molar-refractivity contribution in [2.24, 2.45) is 5.92 Å². The molecule has 0 atom stereocenters. The smallest absolute Gasteiger partial charge is 0.384 e. The van der Waals surface area contributed by atoms with Crippen LogP contribution in [0.2, 0.25) is 0 Å². The lowest BCUT2D eigenvalue weighted by atomic mass is 9.75. The van der Waals surface area contributed by atoms with Gasteiger partial charge in [-0.25, -0.2) is 4.79 Å². The van der Waals surface area contributed by atoms with E-state index in [4.69, 9.17) is 0 Å². The number of carbonyl (C=O) groups is 1. The molecule has 0 heterocycles. The average molecular weight is 366 g/mol. The Morgan fingerprint density at radius 1 is 0.826 bits per heavy atom. The Kier molecular flexibility index (Phi) is 4.21. The number of esters is 1. The van der Waals surface area contributed by atoms with Crippen LogP contribution in [0.3, 0.4) is 0 Å². The van der Waals surface area contributed by atoms with Crippen molar-refractivity contribution in [2.45, 2.75) is 29.6 Å². The van der Waals surface area contributed by atoms with E-state index in [-0.39, 0.29) is 0 Å². The van der Waals surface area contributed by atoms with Crippen LogP contribution in [-0.4, -0.2) is 42.2 Å². The summed E-state index contributed by atoms with van der Waals surface area (Å²) in [7, 11) is 0. The summed E-state index contributed by atoms with van der Waals surface area (Å²) in [4.78, 5) is 10.5. The van der Waals surface area contributed by atoms with E-state index in [9.17, 15) is 53.1 Å². The number of ether oxygens (including phenoxy) is 1. The minimum atomic E-state index is -7.10. The number of hydrogen-bond acceptors (Lipinski definition) is 2. The SMILES string of the molecule is C=C(F)C(=O)OCC1C(F)(F)C(F)(F)C(F)(F)C(F)(F)C1(F)F. The van der Waals surface area contributed by atoms with E-state index in [2.05, 4.69) is 11.3 Å². The molecule has 0 bridgehead atoms. The number of carbonyl (C=O) groups excluding carboxylic acids is 1. The van der Waals surface area contributed by atoms with Crippen molar-refractivity contribution in [1.29, 1.82) is 0 Å². The summed E-state index contributed by atoms with van der Waals surface area (Å²) in [6.45, 7) is -0.341. The van der Waals surface area contributed by atoms with Crippen LogP contribution in [0.25, 0.3) is 0 Å². The standard InChI is InChI=1S/C10H5F11O2/c1-3(11)5(22)23-2-4-6(12,13)8(16,17)10(20,21)9(18,19)7(4,14)15/h4H,1-2H2. The number of alkyl halides is 10. The van der Waals surface area contributed by atoms with Gasteiger partial charge in [-0.2, -0.15) is 48.3 Å². The summed E-state index contributed by atoms with van der Waals surface area (Å²) in [6, 6.07) is 0. The van der Waals surface area contributed by atoms with Crippen molar-refractivity contribution >= 4 is 5.97 Å². The van der Waals surface area contributed by atoms with Crippen molar-refractivity contribution in [1.82, 2.24) is 0 Å². The summed E-state index contributed by atoms with van der Waals surface area (Å²) >= 11 is 0. The zero-order chi connectivity index (χ0) is 18.6. The van der Waals surface area contributed by atoms with E-state index in [1.165, 1.54) is 0 Å². The van der Waals surface area contributed by atoms with E-state index >= 15 is 0 Å². The van der Waals surface area contributed by atoms with E-state index in [0.717, 1.165) is 0 Å². The third kappa shape index (κ3) is 2.26. The molecule has 2 nitrogen and oxygen atoms in total. The van der Waals surface area contributed by atoms with Crippen LogP contribution in [-0.2, 0) is 9.53 Å². The maximum atomic E-state index is 13.3. The minimum Gasteiger partial charge on any atom is -0.460 e. The second-order valence-corrected chi connectivity index (χ2v) is 4.53. The lowest BCUT2D eigenvalue weighted by molar-refractivity contribution is -0.465. The van der Waals surface area contributed by atoms with E-state index in [0.29, 0.717) is 0 Å². The van der Waals surface area contributed by atoms with Crippen LogP contribution in [0, 0.1) is 5.92 Å². The largest absolute Gasteiger partial charge is 0.460 e. The molecule has 13 heteroatoms. The Balaban J connectivity index is 3.38. The first kappa shape index (κ1) is 19.5. The van der Waals surface area contributed by atoms with Crippen molar-refractivity contribution in [3.05, 3.63) is 12.4 Å². The van der Waals surface area contributed by atoms with Crippen LogP contribution in [0.5, 0.6) is 0 Å². The topological polar surface area (TPSA) is 26.3 Å².